The Kier molecular flexibility index (Phi) is 5.13. The number of fused-ring (bicyclic) bond motifs is 1. The van der Waals surface area contributed by atoms with E-state index in [1.807, 2.05) is 32.9 Å². The quantitative estimate of drug-likeness (QED) is 0.890. The summed E-state index contributed by atoms with van der Waals surface area (Å²) in [6.07, 6.45) is 1.97. The van der Waals surface area contributed by atoms with Crippen molar-refractivity contribution in [3.05, 3.63) is 29.3 Å². The van der Waals surface area contributed by atoms with E-state index in [2.05, 4.69) is 5.32 Å². The first-order valence-electron chi connectivity index (χ1n) is 7.69. The van der Waals surface area contributed by atoms with E-state index < -0.39 is 17.7 Å². The Morgan fingerprint density at radius 3 is 2.70 bits per heavy atom. The van der Waals surface area contributed by atoms with Crippen LogP contribution in [0.2, 0.25) is 0 Å². The van der Waals surface area contributed by atoms with Crippen LogP contribution in [0, 0.1) is 0 Å². The summed E-state index contributed by atoms with van der Waals surface area (Å²) in [5.41, 5.74) is 1.75. The molecule has 0 saturated heterocycles. The first-order chi connectivity index (χ1) is 10.7. The highest BCUT2D eigenvalue weighted by atomic mass is 16.6. The highest BCUT2D eigenvalue weighted by Crippen LogP contribution is 2.26. The van der Waals surface area contributed by atoms with Crippen molar-refractivity contribution >= 4 is 12.1 Å². The molecule has 0 aliphatic heterocycles. The number of aryl methyl sites for hydroxylation is 1. The highest BCUT2D eigenvalue weighted by Gasteiger charge is 2.23. The maximum Gasteiger partial charge on any atom is 0.407 e. The van der Waals surface area contributed by atoms with Crippen molar-refractivity contribution in [1.29, 1.82) is 0 Å². The Balaban J connectivity index is 1.97. The molecule has 1 atom stereocenters. The fraction of sp³-hybridized carbons (Fsp3) is 0.529. The molecule has 0 saturated carbocycles. The molecule has 1 amide bonds. The molecular weight excluding hydrogens is 298 g/mol. The Labute approximate surface area is 135 Å². The number of nitrogens with one attached hydrogen (secondary N) is 1. The van der Waals surface area contributed by atoms with Gasteiger partial charge in [0.05, 0.1) is 0 Å². The smallest absolute Gasteiger partial charge is 0.407 e. The molecule has 126 valence electrons. The van der Waals surface area contributed by atoms with Crippen molar-refractivity contribution in [3.63, 3.8) is 0 Å². The van der Waals surface area contributed by atoms with Crippen LogP contribution in [0.25, 0.3) is 0 Å². The number of carboxylic acids is 1. The van der Waals surface area contributed by atoms with Gasteiger partial charge in [0.1, 0.15) is 11.4 Å². The molecule has 1 aromatic rings. The van der Waals surface area contributed by atoms with E-state index in [1.165, 1.54) is 5.56 Å². The van der Waals surface area contributed by atoms with Crippen LogP contribution in [0.15, 0.2) is 18.2 Å². The van der Waals surface area contributed by atoms with Gasteiger partial charge >= 0.3 is 12.1 Å². The summed E-state index contributed by atoms with van der Waals surface area (Å²) < 4.78 is 10.5. The van der Waals surface area contributed by atoms with Crippen molar-refractivity contribution in [3.8, 4) is 5.75 Å². The lowest BCUT2D eigenvalue weighted by atomic mass is 9.88. The number of carbonyl (C=O) groups excluding carboxylic acids is 1. The number of carbonyl (C=O) groups is 2. The number of amides is 1. The number of hydrogen-bond donors (Lipinski definition) is 2. The summed E-state index contributed by atoms with van der Waals surface area (Å²) in [6.45, 7) is 5.12. The number of hydrogen-bond acceptors (Lipinski definition) is 4. The zero-order chi connectivity index (χ0) is 17.0. The maximum absolute atomic E-state index is 11.9. The lowest BCUT2D eigenvalue weighted by molar-refractivity contribution is -0.139. The second-order valence-corrected chi connectivity index (χ2v) is 6.70. The van der Waals surface area contributed by atoms with Crippen LogP contribution in [-0.2, 0) is 22.4 Å². The topological polar surface area (TPSA) is 84.9 Å². The number of benzene rings is 1. The third kappa shape index (κ3) is 5.47. The van der Waals surface area contributed by atoms with E-state index in [4.69, 9.17) is 14.6 Å². The molecule has 2 N–H and O–H groups in total. The van der Waals surface area contributed by atoms with E-state index >= 15 is 0 Å². The predicted octanol–water partition coefficient (Wildman–Crippen LogP) is 2.53. The molecule has 0 heterocycles. The molecule has 1 aromatic carbocycles. The molecular formula is C17H23NO5. The van der Waals surface area contributed by atoms with E-state index in [1.54, 1.807) is 6.07 Å². The van der Waals surface area contributed by atoms with Gasteiger partial charge in [-0.15, -0.1) is 0 Å². The normalized spacial score (nSPS) is 17.1. The first kappa shape index (κ1) is 17.1. The van der Waals surface area contributed by atoms with Gasteiger partial charge in [-0.05, 0) is 63.3 Å². The van der Waals surface area contributed by atoms with E-state index in [9.17, 15) is 9.59 Å². The monoisotopic (exact) mass is 321 g/mol. The van der Waals surface area contributed by atoms with Gasteiger partial charge in [-0.1, -0.05) is 6.07 Å². The second kappa shape index (κ2) is 6.89. The predicted molar refractivity (Wildman–Crippen MR) is 84.8 cm³/mol. The van der Waals surface area contributed by atoms with Gasteiger partial charge in [0.25, 0.3) is 0 Å². The van der Waals surface area contributed by atoms with Crippen LogP contribution in [0.5, 0.6) is 5.75 Å². The van der Waals surface area contributed by atoms with Crippen molar-refractivity contribution in [2.45, 2.75) is 51.7 Å². The van der Waals surface area contributed by atoms with Crippen molar-refractivity contribution in [2.75, 3.05) is 6.61 Å². The van der Waals surface area contributed by atoms with E-state index in [0.717, 1.165) is 18.4 Å². The Morgan fingerprint density at radius 2 is 2.04 bits per heavy atom. The molecule has 6 nitrogen and oxygen atoms in total. The van der Waals surface area contributed by atoms with Crippen LogP contribution >= 0.6 is 0 Å². The van der Waals surface area contributed by atoms with Crippen molar-refractivity contribution < 1.29 is 24.2 Å². The number of rotatable bonds is 4. The number of carboxylic acid groups (broad SMARTS) is 1. The lowest BCUT2D eigenvalue weighted by Crippen LogP contribution is -2.41. The maximum atomic E-state index is 11.9. The average Bonchev–Trinajstić information content (AvgIpc) is 2.42. The number of alkyl carbamates (subject to hydrolysis) is 1. The number of aliphatic carboxylic acids is 1. The molecule has 0 spiro atoms. The molecule has 1 aliphatic carbocycles. The summed E-state index contributed by atoms with van der Waals surface area (Å²) in [7, 11) is 0. The molecule has 0 radical (unpaired) electrons. The summed E-state index contributed by atoms with van der Waals surface area (Å²) in [5.74, 6) is -0.476. The average molecular weight is 321 g/mol. The van der Waals surface area contributed by atoms with Crippen LogP contribution in [0.1, 0.15) is 38.3 Å². The molecule has 0 bridgehead atoms. The van der Waals surface area contributed by atoms with Gasteiger partial charge in [0.15, 0.2) is 6.61 Å². The van der Waals surface area contributed by atoms with Crippen LogP contribution in [0.4, 0.5) is 4.79 Å². The summed E-state index contributed by atoms with van der Waals surface area (Å²) in [6, 6.07) is 5.59. The van der Waals surface area contributed by atoms with Crippen molar-refractivity contribution in [2.24, 2.45) is 0 Å². The van der Waals surface area contributed by atoms with Gasteiger partial charge in [-0.3, -0.25) is 0 Å². The van der Waals surface area contributed by atoms with Gasteiger partial charge in [0, 0.05) is 6.04 Å². The molecule has 0 unspecified atom stereocenters. The molecule has 0 aromatic heterocycles. The minimum atomic E-state index is -1.01. The Bertz CT molecular complexity index is 591. The largest absolute Gasteiger partial charge is 0.482 e. The molecule has 6 heteroatoms. The van der Waals surface area contributed by atoms with E-state index in [-0.39, 0.29) is 12.6 Å². The highest BCUT2D eigenvalue weighted by molar-refractivity contribution is 5.69. The third-order valence-electron chi connectivity index (χ3n) is 3.49. The fourth-order valence-corrected chi connectivity index (χ4v) is 2.57. The minimum Gasteiger partial charge on any atom is -0.482 e. The zero-order valence-electron chi connectivity index (χ0n) is 13.7. The van der Waals surface area contributed by atoms with Gasteiger partial charge < -0.3 is 19.9 Å². The number of ether oxygens (including phenoxy) is 2. The zero-order valence-corrected chi connectivity index (χ0v) is 13.7. The summed E-state index contributed by atoms with van der Waals surface area (Å²) >= 11 is 0. The SMILES string of the molecule is CC(C)(C)OC(=O)N[C@@H]1CCc2ccc(OCC(=O)O)cc2C1. The lowest BCUT2D eigenvalue weighted by Gasteiger charge is -2.27. The minimum absolute atomic E-state index is 0.00655. The molecule has 23 heavy (non-hydrogen) atoms. The Morgan fingerprint density at radius 1 is 1.30 bits per heavy atom. The third-order valence-corrected chi connectivity index (χ3v) is 3.49. The van der Waals surface area contributed by atoms with Crippen LogP contribution in [-0.4, -0.2) is 35.4 Å². The standard InChI is InChI=1S/C17H23NO5/c1-17(2,3)23-16(21)18-13-6-4-11-5-7-14(9-12(11)8-13)22-10-15(19)20/h5,7,9,13H,4,6,8,10H2,1-3H3,(H,18,21)(H,19,20)/t13-/m1/s1. The van der Waals surface area contributed by atoms with E-state index in [0.29, 0.717) is 12.2 Å². The molecule has 1 aliphatic rings. The van der Waals surface area contributed by atoms with Crippen molar-refractivity contribution in [1.82, 2.24) is 5.32 Å². The summed E-state index contributed by atoms with van der Waals surface area (Å²) in [5, 5.41) is 11.6. The fourth-order valence-electron chi connectivity index (χ4n) is 2.57. The first-order valence-corrected chi connectivity index (χ1v) is 7.69. The Hall–Kier alpha value is -2.24. The molecule has 0 fully saturated rings. The van der Waals surface area contributed by atoms with Gasteiger partial charge in [-0.25, -0.2) is 9.59 Å². The summed E-state index contributed by atoms with van der Waals surface area (Å²) in [4.78, 5) is 22.4. The van der Waals surface area contributed by atoms with Gasteiger partial charge in [0.2, 0.25) is 0 Å². The van der Waals surface area contributed by atoms with Crippen LogP contribution < -0.4 is 10.1 Å². The van der Waals surface area contributed by atoms with Crippen LogP contribution in [0.3, 0.4) is 0 Å². The molecule has 2 rings (SSSR count). The second-order valence-electron chi connectivity index (χ2n) is 6.70. The van der Waals surface area contributed by atoms with Gasteiger partial charge in [-0.2, -0.15) is 0 Å².